The number of nitrogens with zero attached hydrogens (tertiary/aromatic N) is 2. The third-order valence-electron chi connectivity index (χ3n) is 4.18. The van der Waals surface area contributed by atoms with Gasteiger partial charge in [0.2, 0.25) is 10.0 Å². The minimum Gasteiger partial charge on any atom is -0.262 e. The van der Waals surface area contributed by atoms with Gasteiger partial charge in [-0.3, -0.25) is 4.68 Å². The number of hydrogen-bond donors (Lipinski definition) is 1. The van der Waals surface area contributed by atoms with Crippen molar-refractivity contribution in [3.63, 3.8) is 0 Å². The molecule has 0 saturated carbocycles. The molecule has 0 saturated heterocycles. The summed E-state index contributed by atoms with van der Waals surface area (Å²) in [4.78, 5) is -0.286. The molecule has 9 heteroatoms. The molecule has 0 atom stereocenters. The summed E-state index contributed by atoms with van der Waals surface area (Å²) >= 11 is 0. The van der Waals surface area contributed by atoms with Crippen molar-refractivity contribution in [1.82, 2.24) is 9.78 Å². The maximum atomic E-state index is 13.8. The molecule has 0 radical (unpaired) electrons. The van der Waals surface area contributed by atoms with Crippen molar-refractivity contribution in [2.45, 2.75) is 18.0 Å². The first-order valence-corrected chi connectivity index (χ1v) is 9.39. The molecular weight excluding hydrogens is 379 g/mol. The standard InChI is InChI=1S/C18H16F3N3O2S/c1-11-7-3-4-8-12(11)15-16(23-24(2)17(15)18(19,20)21)13-9-5-6-10-14(13)27(22,25)26/h3-10H,1-2H3,(H2,22,25,26). The number of primary sulfonamides is 1. The average Bonchev–Trinajstić information content (AvgIpc) is 2.91. The number of benzene rings is 2. The van der Waals surface area contributed by atoms with Crippen LogP contribution in [0.4, 0.5) is 13.2 Å². The van der Waals surface area contributed by atoms with E-state index in [2.05, 4.69) is 5.10 Å². The first-order chi connectivity index (χ1) is 12.5. The van der Waals surface area contributed by atoms with Crippen LogP contribution in [0, 0.1) is 6.92 Å². The summed E-state index contributed by atoms with van der Waals surface area (Å²) in [5.74, 6) is 0. The summed E-state index contributed by atoms with van der Waals surface area (Å²) in [7, 11) is -2.99. The van der Waals surface area contributed by atoms with Crippen molar-refractivity contribution in [2.24, 2.45) is 12.2 Å². The highest BCUT2D eigenvalue weighted by molar-refractivity contribution is 7.89. The molecule has 142 valence electrons. The Kier molecular flexibility index (Phi) is 4.61. The first-order valence-electron chi connectivity index (χ1n) is 7.84. The second-order valence-electron chi connectivity index (χ2n) is 6.05. The van der Waals surface area contributed by atoms with Crippen molar-refractivity contribution in [3.8, 4) is 22.4 Å². The lowest BCUT2D eigenvalue weighted by Crippen LogP contribution is -2.13. The number of alkyl halides is 3. The van der Waals surface area contributed by atoms with E-state index in [0.717, 1.165) is 4.68 Å². The van der Waals surface area contributed by atoms with Gasteiger partial charge in [-0.15, -0.1) is 0 Å². The van der Waals surface area contributed by atoms with E-state index in [0.29, 0.717) is 11.1 Å². The van der Waals surface area contributed by atoms with Gasteiger partial charge in [-0.25, -0.2) is 13.6 Å². The third-order valence-corrected chi connectivity index (χ3v) is 5.15. The molecule has 0 amide bonds. The summed E-state index contributed by atoms with van der Waals surface area (Å²) < 4.78 is 66.0. The molecule has 0 unspecified atom stereocenters. The van der Waals surface area contributed by atoms with Crippen LogP contribution in [0.5, 0.6) is 0 Å². The summed E-state index contributed by atoms with van der Waals surface area (Å²) in [6.07, 6.45) is -4.69. The van der Waals surface area contributed by atoms with Crippen LogP contribution in [-0.2, 0) is 23.2 Å². The number of nitrogens with two attached hydrogens (primary N) is 1. The Morgan fingerprint density at radius 3 is 2.11 bits per heavy atom. The maximum Gasteiger partial charge on any atom is 0.433 e. The fraction of sp³-hybridized carbons (Fsp3) is 0.167. The number of rotatable bonds is 3. The molecular formula is C18H16F3N3O2S. The molecule has 2 aromatic carbocycles. The Morgan fingerprint density at radius 2 is 1.56 bits per heavy atom. The van der Waals surface area contributed by atoms with Gasteiger partial charge in [0.15, 0.2) is 5.69 Å². The third kappa shape index (κ3) is 3.47. The topological polar surface area (TPSA) is 78.0 Å². The number of aromatic nitrogens is 2. The van der Waals surface area contributed by atoms with Gasteiger partial charge in [0, 0.05) is 18.2 Å². The van der Waals surface area contributed by atoms with E-state index in [1.165, 1.54) is 31.3 Å². The molecule has 27 heavy (non-hydrogen) atoms. The van der Waals surface area contributed by atoms with Gasteiger partial charge in [-0.2, -0.15) is 18.3 Å². The lowest BCUT2D eigenvalue weighted by Gasteiger charge is -2.13. The molecule has 0 aliphatic rings. The van der Waals surface area contributed by atoms with Crippen molar-refractivity contribution in [3.05, 3.63) is 59.8 Å². The van der Waals surface area contributed by atoms with E-state index in [-0.39, 0.29) is 21.7 Å². The lowest BCUT2D eigenvalue weighted by atomic mass is 9.95. The summed E-state index contributed by atoms with van der Waals surface area (Å²) in [6.45, 7) is 1.68. The number of aryl methyl sites for hydroxylation is 2. The van der Waals surface area contributed by atoms with Crippen LogP contribution in [0.2, 0.25) is 0 Å². The van der Waals surface area contributed by atoms with Gasteiger partial charge in [-0.1, -0.05) is 42.5 Å². The minimum atomic E-state index is -4.69. The van der Waals surface area contributed by atoms with E-state index in [1.807, 2.05) is 0 Å². The van der Waals surface area contributed by atoms with Crippen LogP contribution < -0.4 is 5.14 Å². The van der Waals surface area contributed by atoms with Gasteiger partial charge in [-0.05, 0) is 24.1 Å². The fourth-order valence-electron chi connectivity index (χ4n) is 3.06. The SMILES string of the molecule is Cc1ccccc1-c1c(-c2ccccc2S(N)(=O)=O)nn(C)c1C(F)(F)F. The molecule has 0 spiro atoms. The van der Waals surface area contributed by atoms with Crippen LogP contribution in [0.3, 0.4) is 0 Å². The maximum absolute atomic E-state index is 13.8. The molecule has 0 fully saturated rings. The van der Waals surface area contributed by atoms with Crippen molar-refractivity contribution in [1.29, 1.82) is 0 Å². The predicted octanol–water partition coefficient (Wildman–Crippen LogP) is 3.73. The van der Waals surface area contributed by atoms with Gasteiger partial charge in [0.1, 0.15) is 5.69 Å². The largest absolute Gasteiger partial charge is 0.433 e. The zero-order valence-corrected chi connectivity index (χ0v) is 15.3. The van der Waals surface area contributed by atoms with E-state index < -0.39 is 21.9 Å². The van der Waals surface area contributed by atoms with Crippen LogP contribution in [0.15, 0.2) is 53.4 Å². The zero-order chi connectivity index (χ0) is 20.0. The van der Waals surface area contributed by atoms with E-state index in [4.69, 9.17) is 5.14 Å². The Morgan fingerprint density at radius 1 is 1.00 bits per heavy atom. The van der Waals surface area contributed by atoms with Crippen molar-refractivity contribution >= 4 is 10.0 Å². The summed E-state index contributed by atoms with van der Waals surface area (Å²) in [5, 5.41) is 9.28. The highest BCUT2D eigenvalue weighted by Gasteiger charge is 2.40. The normalized spacial score (nSPS) is 12.4. The molecule has 5 nitrogen and oxygen atoms in total. The van der Waals surface area contributed by atoms with E-state index in [9.17, 15) is 21.6 Å². The van der Waals surface area contributed by atoms with Gasteiger partial charge in [0.25, 0.3) is 0 Å². The van der Waals surface area contributed by atoms with Gasteiger partial charge >= 0.3 is 6.18 Å². The second kappa shape index (κ2) is 6.50. The van der Waals surface area contributed by atoms with Crippen LogP contribution in [0.1, 0.15) is 11.3 Å². The molecule has 1 aromatic heterocycles. The fourth-order valence-corrected chi connectivity index (χ4v) is 3.80. The molecule has 2 N–H and O–H groups in total. The molecule has 0 bridgehead atoms. The second-order valence-corrected chi connectivity index (χ2v) is 7.58. The summed E-state index contributed by atoms with van der Waals surface area (Å²) in [5.41, 5.74) is -0.300. The Labute approximate surface area is 154 Å². The van der Waals surface area contributed by atoms with Crippen LogP contribution in [0.25, 0.3) is 22.4 Å². The lowest BCUT2D eigenvalue weighted by molar-refractivity contribution is -0.143. The Hall–Kier alpha value is -2.65. The molecule has 1 heterocycles. The highest BCUT2D eigenvalue weighted by atomic mass is 32.2. The van der Waals surface area contributed by atoms with Crippen LogP contribution in [-0.4, -0.2) is 18.2 Å². The molecule has 0 aliphatic carbocycles. The Bertz CT molecular complexity index is 1120. The van der Waals surface area contributed by atoms with E-state index in [1.54, 1.807) is 31.2 Å². The average molecular weight is 395 g/mol. The van der Waals surface area contributed by atoms with Gasteiger partial charge in [0.05, 0.1) is 4.90 Å². The molecule has 0 aliphatic heterocycles. The zero-order valence-electron chi connectivity index (χ0n) is 14.4. The first kappa shape index (κ1) is 19.1. The molecule has 3 rings (SSSR count). The van der Waals surface area contributed by atoms with Gasteiger partial charge < -0.3 is 0 Å². The predicted molar refractivity (Wildman–Crippen MR) is 95.2 cm³/mol. The quantitative estimate of drug-likeness (QED) is 0.734. The number of halogens is 3. The number of hydrogen-bond acceptors (Lipinski definition) is 3. The van der Waals surface area contributed by atoms with Crippen LogP contribution >= 0.6 is 0 Å². The smallest absolute Gasteiger partial charge is 0.262 e. The summed E-state index contributed by atoms with van der Waals surface area (Å²) in [6, 6.07) is 12.2. The van der Waals surface area contributed by atoms with E-state index >= 15 is 0 Å². The molecule has 3 aromatic rings. The monoisotopic (exact) mass is 395 g/mol. The number of sulfonamides is 1. The highest BCUT2D eigenvalue weighted by Crippen LogP contribution is 2.44. The van der Waals surface area contributed by atoms with Crippen molar-refractivity contribution < 1.29 is 21.6 Å². The Balaban J connectivity index is 2.46. The van der Waals surface area contributed by atoms with Crippen molar-refractivity contribution in [2.75, 3.05) is 0 Å². The minimum absolute atomic E-state index is 0.0179.